The van der Waals surface area contributed by atoms with Gasteiger partial charge in [-0.3, -0.25) is 10.1 Å². The molecule has 0 aliphatic rings. The number of nitrogens with zero attached hydrogens (tertiary/aromatic N) is 1. The van der Waals surface area contributed by atoms with Gasteiger partial charge in [0.2, 0.25) is 0 Å². The SMILES string of the molecule is CN/C(=C\[N+](=O)[O-])NCCSCc1ccc(NC)o1. The van der Waals surface area contributed by atoms with Crippen molar-refractivity contribution in [1.29, 1.82) is 0 Å². The number of hydrogen-bond acceptors (Lipinski definition) is 7. The molecule has 1 rings (SSSR count). The maximum Gasteiger partial charge on any atom is 0.274 e. The van der Waals surface area contributed by atoms with Crippen LogP contribution in [0.2, 0.25) is 0 Å². The van der Waals surface area contributed by atoms with Gasteiger partial charge in [0.15, 0.2) is 11.7 Å². The van der Waals surface area contributed by atoms with E-state index in [1.807, 2.05) is 12.1 Å². The van der Waals surface area contributed by atoms with Crippen LogP contribution < -0.4 is 16.0 Å². The molecule has 0 saturated heterocycles. The lowest BCUT2D eigenvalue weighted by Crippen LogP contribution is -2.26. The quantitative estimate of drug-likeness (QED) is 0.359. The van der Waals surface area contributed by atoms with E-state index in [1.54, 1.807) is 25.9 Å². The van der Waals surface area contributed by atoms with E-state index >= 15 is 0 Å². The van der Waals surface area contributed by atoms with E-state index in [4.69, 9.17) is 4.42 Å². The molecular formula is C11H18N4O3S. The first kappa shape index (κ1) is 15.2. The summed E-state index contributed by atoms with van der Waals surface area (Å²) in [5.74, 6) is 3.66. The third-order valence-electron chi connectivity index (χ3n) is 2.22. The minimum Gasteiger partial charge on any atom is -0.445 e. The zero-order valence-electron chi connectivity index (χ0n) is 10.9. The van der Waals surface area contributed by atoms with E-state index in [2.05, 4.69) is 16.0 Å². The van der Waals surface area contributed by atoms with Crippen molar-refractivity contribution in [2.75, 3.05) is 31.7 Å². The molecule has 0 spiro atoms. The predicted octanol–water partition coefficient (Wildman–Crippen LogP) is 1.44. The molecule has 1 aromatic rings. The average molecular weight is 286 g/mol. The third-order valence-corrected chi connectivity index (χ3v) is 3.20. The minimum atomic E-state index is -0.492. The van der Waals surface area contributed by atoms with Crippen LogP contribution in [0.15, 0.2) is 28.6 Å². The molecule has 1 aromatic heterocycles. The van der Waals surface area contributed by atoms with Crippen molar-refractivity contribution < 1.29 is 9.34 Å². The van der Waals surface area contributed by atoms with Crippen molar-refractivity contribution in [1.82, 2.24) is 10.6 Å². The molecule has 1 heterocycles. The maximum atomic E-state index is 10.3. The van der Waals surface area contributed by atoms with Crippen LogP contribution in [0.4, 0.5) is 5.88 Å². The highest BCUT2D eigenvalue weighted by Gasteiger charge is 2.02. The summed E-state index contributed by atoms with van der Waals surface area (Å²) in [5.41, 5.74) is 0. The van der Waals surface area contributed by atoms with Gasteiger partial charge in [0.1, 0.15) is 5.76 Å². The molecule has 0 unspecified atom stereocenters. The Morgan fingerprint density at radius 1 is 1.53 bits per heavy atom. The lowest BCUT2D eigenvalue weighted by molar-refractivity contribution is -0.404. The smallest absolute Gasteiger partial charge is 0.274 e. The number of thioether (sulfide) groups is 1. The summed E-state index contributed by atoms with van der Waals surface area (Å²) in [6, 6.07) is 3.81. The summed E-state index contributed by atoms with van der Waals surface area (Å²) >= 11 is 1.69. The van der Waals surface area contributed by atoms with E-state index < -0.39 is 4.92 Å². The molecule has 0 aliphatic heterocycles. The van der Waals surface area contributed by atoms with E-state index in [0.29, 0.717) is 12.4 Å². The Morgan fingerprint density at radius 2 is 2.32 bits per heavy atom. The molecule has 7 nitrogen and oxygen atoms in total. The van der Waals surface area contributed by atoms with Crippen LogP contribution in [0.3, 0.4) is 0 Å². The van der Waals surface area contributed by atoms with Crippen LogP contribution in [0.5, 0.6) is 0 Å². The predicted molar refractivity (Wildman–Crippen MR) is 76.6 cm³/mol. The molecular weight excluding hydrogens is 268 g/mol. The highest BCUT2D eigenvalue weighted by molar-refractivity contribution is 7.98. The van der Waals surface area contributed by atoms with Crippen molar-refractivity contribution in [2.24, 2.45) is 0 Å². The van der Waals surface area contributed by atoms with Crippen molar-refractivity contribution in [3.05, 3.63) is 40.0 Å². The Balaban J connectivity index is 2.18. The van der Waals surface area contributed by atoms with Crippen LogP contribution in [-0.2, 0) is 5.75 Å². The van der Waals surface area contributed by atoms with Crippen molar-refractivity contribution in [2.45, 2.75) is 5.75 Å². The molecule has 0 fully saturated rings. The first-order valence-electron chi connectivity index (χ1n) is 5.77. The fourth-order valence-corrected chi connectivity index (χ4v) is 2.07. The minimum absolute atomic E-state index is 0.404. The fourth-order valence-electron chi connectivity index (χ4n) is 1.32. The summed E-state index contributed by atoms with van der Waals surface area (Å²) in [6.07, 6.45) is 0.913. The molecule has 106 valence electrons. The zero-order valence-corrected chi connectivity index (χ0v) is 11.8. The lowest BCUT2D eigenvalue weighted by Gasteiger charge is -2.07. The molecule has 0 amide bonds. The zero-order chi connectivity index (χ0) is 14.1. The van der Waals surface area contributed by atoms with Gasteiger partial charge in [0, 0.05) is 32.5 Å². The van der Waals surface area contributed by atoms with E-state index in [9.17, 15) is 10.1 Å². The van der Waals surface area contributed by atoms with Gasteiger partial charge < -0.3 is 20.4 Å². The summed E-state index contributed by atoms with van der Waals surface area (Å²) in [6.45, 7) is 0.644. The number of anilines is 1. The summed E-state index contributed by atoms with van der Waals surface area (Å²) in [4.78, 5) is 9.81. The topological polar surface area (TPSA) is 92.4 Å². The van der Waals surface area contributed by atoms with Gasteiger partial charge in [-0.15, -0.1) is 0 Å². The first-order valence-corrected chi connectivity index (χ1v) is 6.92. The number of nitrogens with one attached hydrogen (secondary N) is 3. The van der Waals surface area contributed by atoms with E-state index in [1.165, 1.54) is 0 Å². The highest BCUT2D eigenvalue weighted by atomic mass is 32.2. The Hall–Kier alpha value is -1.83. The molecule has 3 N–H and O–H groups in total. The first-order chi connectivity index (χ1) is 9.15. The van der Waals surface area contributed by atoms with E-state index in [0.717, 1.165) is 29.4 Å². The highest BCUT2D eigenvalue weighted by Crippen LogP contribution is 2.17. The molecule has 0 saturated carbocycles. The van der Waals surface area contributed by atoms with Gasteiger partial charge in [0.05, 0.1) is 10.7 Å². The second kappa shape index (κ2) is 8.30. The molecule has 0 atom stereocenters. The largest absolute Gasteiger partial charge is 0.445 e. The Labute approximate surface area is 116 Å². The van der Waals surface area contributed by atoms with Crippen molar-refractivity contribution >= 4 is 17.6 Å². The van der Waals surface area contributed by atoms with Gasteiger partial charge >= 0.3 is 0 Å². The number of hydrogen-bond donors (Lipinski definition) is 3. The van der Waals surface area contributed by atoms with Gasteiger partial charge in [-0.25, -0.2) is 0 Å². The second-order valence-electron chi connectivity index (χ2n) is 3.57. The van der Waals surface area contributed by atoms with E-state index in [-0.39, 0.29) is 0 Å². The number of nitro groups is 1. The Kier molecular flexibility index (Phi) is 6.65. The van der Waals surface area contributed by atoms with Crippen LogP contribution in [0, 0.1) is 10.1 Å². The summed E-state index contributed by atoms with van der Waals surface area (Å²) < 4.78 is 5.47. The third kappa shape index (κ3) is 6.05. The normalized spacial score (nSPS) is 11.2. The van der Waals surface area contributed by atoms with Crippen molar-refractivity contribution in [3.8, 4) is 0 Å². The lowest BCUT2D eigenvalue weighted by atomic mass is 10.5. The molecule has 0 bridgehead atoms. The average Bonchev–Trinajstić information content (AvgIpc) is 2.84. The number of rotatable bonds is 9. The fraction of sp³-hybridized carbons (Fsp3) is 0.455. The molecule has 19 heavy (non-hydrogen) atoms. The maximum absolute atomic E-state index is 10.3. The van der Waals surface area contributed by atoms with Crippen LogP contribution in [0.1, 0.15) is 5.76 Å². The van der Waals surface area contributed by atoms with Gasteiger partial charge in [-0.2, -0.15) is 11.8 Å². The van der Waals surface area contributed by atoms with Crippen LogP contribution >= 0.6 is 11.8 Å². The second-order valence-corrected chi connectivity index (χ2v) is 4.68. The summed E-state index contributed by atoms with van der Waals surface area (Å²) in [7, 11) is 3.44. The van der Waals surface area contributed by atoms with Crippen LogP contribution in [0.25, 0.3) is 0 Å². The molecule has 8 heteroatoms. The standard InChI is InChI=1S/C11H18N4O3S/c1-12-10(7-15(16)17)14-5-6-19-8-9-3-4-11(13-2)18-9/h3-4,7,12-14H,5-6,8H2,1-2H3/b10-7+. The van der Waals surface area contributed by atoms with Gasteiger partial charge in [0.25, 0.3) is 6.20 Å². The van der Waals surface area contributed by atoms with Gasteiger partial charge in [-0.05, 0) is 6.07 Å². The van der Waals surface area contributed by atoms with Crippen LogP contribution in [-0.4, -0.2) is 31.3 Å². The Morgan fingerprint density at radius 3 is 2.89 bits per heavy atom. The molecule has 0 aliphatic carbocycles. The molecule has 0 aromatic carbocycles. The Bertz CT molecular complexity index is 433. The monoisotopic (exact) mass is 286 g/mol. The van der Waals surface area contributed by atoms with Gasteiger partial charge in [-0.1, -0.05) is 0 Å². The molecule has 0 radical (unpaired) electrons. The number of furan rings is 1. The van der Waals surface area contributed by atoms with Crippen molar-refractivity contribution in [3.63, 3.8) is 0 Å². The summed E-state index contributed by atoms with van der Waals surface area (Å²) in [5, 5.41) is 18.9.